The predicted octanol–water partition coefficient (Wildman–Crippen LogP) is 2.67. The Hall–Kier alpha value is -1.63. The number of amides is 2. The van der Waals surface area contributed by atoms with E-state index in [0.29, 0.717) is 23.9 Å². The fraction of sp³-hybridized carbons (Fsp3) is 0.833. The van der Waals surface area contributed by atoms with Crippen LogP contribution in [0.1, 0.15) is 75.5 Å². The fourth-order valence-corrected chi connectivity index (χ4v) is 4.60. The summed E-state index contributed by atoms with van der Waals surface area (Å²) >= 11 is 0. The molecule has 1 aliphatic carbocycles. The van der Waals surface area contributed by atoms with Gasteiger partial charge in [0.15, 0.2) is 5.82 Å². The summed E-state index contributed by atoms with van der Waals surface area (Å²) in [7, 11) is 2.19. The molecule has 0 spiro atoms. The van der Waals surface area contributed by atoms with Crippen LogP contribution in [-0.2, 0) is 0 Å². The fourth-order valence-electron chi connectivity index (χ4n) is 4.60. The molecule has 3 atom stereocenters. The first-order valence-corrected chi connectivity index (χ1v) is 9.72. The molecule has 1 saturated carbocycles. The lowest BCUT2D eigenvalue weighted by molar-refractivity contribution is 0.183. The van der Waals surface area contributed by atoms with Crippen molar-refractivity contribution in [2.24, 2.45) is 0 Å². The van der Waals surface area contributed by atoms with Gasteiger partial charge in [0.2, 0.25) is 5.89 Å². The van der Waals surface area contributed by atoms with E-state index in [-0.39, 0.29) is 12.1 Å². The van der Waals surface area contributed by atoms with Crippen LogP contribution < -0.4 is 5.32 Å². The number of hydrogen-bond donors (Lipinski definition) is 1. The summed E-state index contributed by atoms with van der Waals surface area (Å²) in [5.41, 5.74) is 0. The van der Waals surface area contributed by atoms with Crippen molar-refractivity contribution in [1.29, 1.82) is 0 Å². The highest BCUT2D eigenvalue weighted by Gasteiger charge is 2.36. The molecular formula is C18H29N5O2. The predicted molar refractivity (Wildman–Crippen MR) is 93.2 cm³/mol. The van der Waals surface area contributed by atoms with Crippen molar-refractivity contribution < 1.29 is 9.32 Å². The van der Waals surface area contributed by atoms with E-state index in [1.54, 1.807) is 0 Å². The molecule has 0 aromatic carbocycles. The van der Waals surface area contributed by atoms with Crippen molar-refractivity contribution in [3.8, 4) is 0 Å². The molecule has 3 heterocycles. The van der Waals surface area contributed by atoms with Gasteiger partial charge in [-0.25, -0.2) is 4.79 Å². The monoisotopic (exact) mass is 347 g/mol. The molecule has 3 unspecified atom stereocenters. The van der Waals surface area contributed by atoms with Gasteiger partial charge in [-0.2, -0.15) is 4.98 Å². The summed E-state index contributed by atoms with van der Waals surface area (Å²) in [6.45, 7) is 3.55. The van der Waals surface area contributed by atoms with Crippen molar-refractivity contribution in [3.63, 3.8) is 0 Å². The van der Waals surface area contributed by atoms with Gasteiger partial charge >= 0.3 is 6.03 Å². The molecule has 2 bridgehead atoms. The van der Waals surface area contributed by atoms with Crippen LogP contribution in [0, 0.1) is 0 Å². The average molecular weight is 347 g/mol. The second-order valence-corrected chi connectivity index (χ2v) is 7.93. The molecule has 2 aliphatic heterocycles. The number of rotatable bonds is 3. The van der Waals surface area contributed by atoms with Crippen LogP contribution in [0.4, 0.5) is 4.79 Å². The highest BCUT2D eigenvalue weighted by Crippen LogP contribution is 2.33. The van der Waals surface area contributed by atoms with Crippen LogP contribution >= 0.6 is 0 Å². The number of likely N-dealkylation sites (N-methyl/N-ethyl adjacent to an activating group) is 1. The highest BCUT2D eigenvalue weighted by atomic mass is 16.5. The van der Waals surface area contributed by atoms with E-state index in [4.69, 9.17) is 4.52 Å². The largest absolute Gasteiger partial charge is 0.337 e. The summed E-state index contributed by atoms with van der Waals surface area (Å²) in [5.74, 6) is 1.75. The lowest BCUT2D eigenvalue weighted by Crippen LogP contribution is -2.45. The second kappa shape index (κ2) is 6.94. The Bertz CT molecular complexity index is 612. The van der Waals surface area contributed by atoms with Crippen LogP contribution in [0.5, 0.6) is 0 Å². The first kappa shape index (κ1) is 16.8. The molecule has 1 aromatic heterocycles. The molecule has 7 nitrogen and oxygen atoms in total. The number of aromatic nitrogens is 2. The van der Waals surface area contributed by atoms with Crippen molar-refractivity contribution in [2.75, 3.05) is 20.1 Å². The Morgan fingerprint density at radius 3 is 2.76 bits per heavy atom. The molecule has 25 heavy (non-hydrogen) atoms. The Morgan fingerprint density at radius 1 is 1.20 bits per heavy atom. The minimum atomic E-state index is -0.256. The Balaban J connectivity index is 1.35. The van der Waals surface area contributed by atoms with Crippen molar-refractivity contribution in [3.05, 3.63) is 11.7 Å². The number of urea groups is 1. The van der Waals surface area contributed by atoms with Crippen molar-refractivity contribution in [2.45, 2.75) is 75.9 Å². The Morgan fingerprint density at radius 2 is 1.96 bits per heavy atom. The molecule has 3 fully saturated rings. The highest BCUT2D eigenvalue weighted by molar-refractivity contribution is 5.74. The van der Waals surface area contributed by atoms with E-state index in [2.05, 4.69) is 27.4 Å². The number of nitrogens with one attached hydrogen (secondary N) is 1. The molecule has 7 heteroatoms. The molecule has 2 amide bonds. The number of nitrogens with zero attached hydrogens (tertiary/aromatic N) is 4. The molecule has 1 aromatic rings. The van der Waals surface area contributed by atoms with Gasteiger partial charge in [-0.1, -0.05) is 18.0 Å². The second-order valence-electron chi connectivity index (χ2n) is 7.93. The third kappa shape index (κ3) is 3.38. The summed E-state index contributed by atoms with van der Waals surface area (Å²) < 4.78 is 5.42. The molecule has 0 radical (unpaired) electrons. The molecule has 3 aliphatic rings. The average Bonchev–Trinajstić information content (AvgIpc) is 3.29. The first-order chi connectivity index (χ1) is 12.1. The van der Waals surface area contributed by atoms with Crippen LogP contribution in [0.2, 0.25) is 0 Å². The summed E-state index contributed by atoms with van der Waals surface area (Å²) in [5, 5.41) is 7.18. The number of fused-ring (bicyclic) bond motifs is 2. The zero-order valence-electron chi connectivity index (χ0n) is 15.3. The van der Waals surface area contributed by atoms with Crippen LogP contribution in [0.15, 0.2) is 4.52 Å². The lowest BCUT2D eigenvalue weighted by atomic mass is 10.1. The zero-order valence-corrected chi connectivity index (χ0v) is 15.3. The van der Waals surface area contributed by atoms with Gasteiger partial charge in [-0.3, -0.25) is 4.90 Å². The minimum absolute atomic E-state index is 0.0194. The molecule has 1 N–H and O–H groups in total. The zero-order chi connectivity index (χ0) is 17.4. The van der Waals surface area contributed by atoms with E-state index in [1.165, 1.54) is 25.7 Å². The van der Waals surface area contributed by atoms with Gasteiger partial charge in [-0.05, 0) is 46.1 Å². The van der Waals surface area contributed by atoms with Gasteiger partial charge < -0.3 is 14.7 Å². The van der Waals surface area contributed by atoms with E-state index in [1.807, 2.05) is 11.8 Å². The van der Waals surface area contributed by atoms with Gasteiger partial charge in [0.05, 0.1) is 0 Å². The lowest BCUT2D eigenvalue weighted by Gasteiger charge is -2.26. The third-order valence-electron chi connectivity index (χ3n) is 6.32. The molecule has 138 valence electrons. The number of likely N-dealkylation sites (tertiary alicyclic amines) is 1. The minimum Gasteiger partial charge on any atom is -0.337 e. The molecular weight excluding hydrogens is 318 g/mol. The summed E-state index contributed by atoms with van der Waals surface area (Å²) in [4.78, 5) is 21.6. The maximum Gasteiger partial charge on any atom is 0.318 e. The molecule has 2 saturated heterocycles. The molecule has 4 rings (SSSR count). The van der Waals surface area contributed by atoms with Crippen LogP contribution in [-0.4, -0.2) is 58.2 Å². The third-order valence-corrected chi connectivity index (χ3v) is 6.32. The topological polar surface area (TPSA) is 74.5 Å². The number of carbonyl (C=O) groups excluding carboxylic acids is 1. The van der Waals surface area contributed by atoms with Gasteiger partial charge in [0, 0.05) is 31.1 Å². The standard InChI is InChI=1S/C18H29N5O2/c1-12(17-20-16(21-25-17)13-5-3-4-6-13)19-18(24)23-10-9-14-7-8-15(11-23)22(14)2/h12-15H,3-11H2,1-2H3,(H,19,24). The van der Waals surface area contributed by atoms with E-state index in [9.17, 15) is 4.79 Å². The van der Waals surface area contributed by atoms with Crippen LogP contribution in [0.3, 0.4) is 0 Å². The Kier molecular flexibility index (Phi) is 4.67. The Labute approximate surface area is 149 Å². The van der Waals surface area contributed by atoms with Crippen molar-refractivity contribution in [1.82, 2.24) is 25.3 Å². The van der Waals surface area contributed by atoms with Gasteiger partial charge in [0.1, 0.15) is 6.04 Å². The van der Waals surface area contributed by atoms with E-state index >= 15 is 0 Å². The summed E-state index contributed by atoms with van der Waals surface area (Å²) in [6, 6.07) is 0.846. The van der Waals surface area contributed by atoms with E-state index < -0.39 is 0 Å². The van der Waals surface area contributed by atoms with Gasteiger partial charge in [0.25, 0.3) is 0 Å². The maximum atomic E-state index is 12.7. The van der Waals surface area contributed by atoms with Crippen LogP contribution in [0.25, 0.3) is 0 Å². The maximum absolute atomic E-state index is 12.7. The SMILES string of the molecule is CC(NC(=O)N1CCC2CCC(C1)N2C)c1nc(C2CCCC2)no1. The number of hydrogen-bond acceptors (Lipinski definition) is 5. The first-order valence-electron chi connectivity index (χ1n) is 9.72. The summed E-state index contributed by atoms with van der Waals surface area (Å²) in [6.07, 6.45) is 8.28. The van der Waals surface area contributed by atoms with E-state index in [0.717, 1.165) is 38.2 Å². The quantitative estimate of drug-likeness (QED) is 0.910. The van der Waals surface area contributed by atoms with Crippen molar-refractivity contribution >= 4 is 6.03 Å². The number of carbonyl (C=O) groups is 1. The van der Waals surface area contributed by atoms with Gasteiger partial charge in [-0.15, -0.1) is 0 Å². The smallest absolute Gasteiger partial charge is 0.318 e. The normalized spacial score (nSPS) is 29.0.